The lowest BCUT2D eigenvalue weighted by Crippen LogP contribution is -2.26. The van der Waals surface area contributed by atoms with Crippen LogP contribution in [0.4, 0.5) is 5.69 Å². The Morgan fingerprint density at radius 1 is 1.10 bits per heavy atom. The van der Waals surface area contributed by atoms with E-state index < -0.39 is 5.97 Å². The first-order valence-corrected chi connectivity index (χ1v) is 8.72. The molecular formula is C17H22BrNO2. The summed E-state index contributed by atoms with van der Waals surface area (Å²) in [5, 5.41) is 9.45. The SMILES string of the molecule is O=C(O)c1cc(Br)ccc1N1CCC2CCCCC2CC1. The van der Waals surface area contributed by atoms with Crippen LogP contribution in [-0.4, -0.2) is 24.2 Å². The number of anilines is 1. The number of nitrogens with zero attached hydrogens (tertiary/aromatic N) is 1. The fraction of sp³-hybridized carbons (Fsp3) is 0.588. The van der Waals surface area contributed by atoms with Gasteiger partial charge in [-0.1, -0.05) is 41.6 Å². The predicted octanol–water partition coefficient (Wildman–Crippen LogP) is 4.55. The van der Waals surface area contributed by atoms with Gasteiger partial charge in [0.2, 0.25) is 0 Å². The number of halogens is 1. The first-order chi connectivity index (χ1) is 10.1. The molecule has 3 nitrogen and oxygen atoms in total. The molecule has 4 heteroatoms. The van der Waals surface area contributed by atoms with Crippen molar-refractivity contribution in [1.29, 1.82) is 0 Å². The van der Waals surface area contributed by atoms with Crippen molar-refractivity contribution in [2.75, 3.05) is 18.0 Å². The number of carbonyl (C=O) groups is 1. The smallest absolute Gasteiger partial charge is 0.337 e. The van der Waals surface area contributed by atoms with Gasteiger partial charge in [-0.05, 0) is 42.9 Å². The Morgan fingerprint density at radius 3 is 2.29 bits per heavy atom. The summed E-state index contributed by atoms with van der Waals surface area (Å²) in [6.07, 6.45) is 7.90. The average molecular weight is 352 g/mol. The van der Waals surface area contributed by atoms with Crippen molar-refractivity contribution in [3.63, 3.8) is 0 Å². The maximum absolute atomic E-state index is 11.5. The summed E-state index contributed by atoms with van der Waals surface area (Å²) in [6, 6.07) is 5.61. The number of carboxylic acids is 1. The van der Waals surface area contributed by atoms with Crippen LogP contribution in [0.25, 0.3) is 0 Å². The molecule has 1 N–H and O–H groups in total. The minimum atomic E-state index is -0.840. The van der Waals surface area contributed by atoms with Crippen LogP contribution in [0.3, 0.4) is 0 Å². The normalized spacial score (nSPS) is 26.0. The monoisotopic (exact) mass is 351 g/mol. The molecule has 1 heterocycles. The average Bonchev–Trinajstić information content (AvgIpc) is 2.70. The molecule has 0 amide bonds. The second-order valence-electron chi connectivity index (χ2n) is 6.34. The van der Waals surface area contributed by atoms with E-state index in [1.54, 1.807) is 6.07 Å². The number of carboxylic acid groups (broad SMARTS) is 1. The molecule has 1 aliphatic carbocycles. The third-order valence-electron chi connectivity index (χ3n) is 5.14. The summed E-state index contributed by atoms with van der Waals surface area (Å²) in [6.45, 7) is 1.98. The molecule has 0 bridgehead atoms. The predicted molar refractivity (Wildman–Crippen MR) is 88.0 cm³/mol. The second kappa shape index (κ2) is 6.39. The molecule has 3 rings (SSSR count). The van der Waals surface area contributed by atoms with E-state index in [-0.39, 0.29) is 0 Å². The quantitative estimate of drug-likeness (QED) is 0.849. The molecule has 2 fully saturated rings. The summed E-state index contributed by atoms with van der Waals surface area (Å²) < 4.78 is 0.826. The molecule has 1 aromatic carbocycles. The van der Waals surface area contributed by atoms with E-state index in [1.807, 2.05) is 12.1 Å². The molecule has 1 aromatic rings. The van der Waals surface area contributed by atoms with Crippen molar-refractivity contribution in [3.05, 3.63) is 28.2 Å². The molecular weight excluding hydrogens is 330 g/mol. The largest absolute Gasteiger partial charge is 0.478 e. The van der Waals surface area contributed by atoms with Gasteiger partial charge in [-0.15, -0.1) is 0 Å². The highest BCUT2D eigenvalue weighted by molar-refractivity contribution is 9.10. The van der Waals surface area contributed by atoms with Crippen molar-refractivity contribution in [2.24, 2.45) is 11.8 Å². The zero-order valence-electron chi connectivity index (χ0n) is 12.2. The first kappa shape index (κ1) is 14.9. The Labute approximate surface area is 134 Å². The van der Waals surface area contributed by atoms with Crippen LogP contribution < -0.4 is 4.90 Å². The van der Waals surface area contributed by atoms with E-state index in [2.05, 4.69) is 20.8 Å². The highest BCUT2D eigenvalue weighted by Crippen LogP contribution is 2.38. The van der Waals surface area contributed by atoms with Crippen LogP contribution in [-0.2, 0) is 0 Å². The number of hydrogen-bond acceptors (Lipinski definition) is 2. The van der Waals surface area contributed by atoms with E-state index in [0.717, 1.165) is 35.1 Å². The summed E-state index contributed by atoms with van der Waals surface area (Å²) in [5.41, 5.74) is 1.29. The Morgan fingerprint density at radius 2 is 1.71 bits per heavy atom. The van der Waals surface area contributed by atoms with E-state index in [0.29, 0.717) is 5.56 Å². The highest BCUT2D eigenvalue weighted by Gasteiger charge is 2.29. The molecule has 0 radical (unpaired) electrons. The zero-order valence-corrected chi connectivity index (χ0v) is 13.8. The Bertz CT molecular complexity index is 516. The summed E-state index contributed by atoms with van der Waals surface area (Å²) in [5.74, 6) is 0.868. The molecule has 114 valence electrons. The van der Waals surface area contributed by atoms with Crippen LogP contribution >= 0.6 is 15.9 Å². The van der Waals surface area contributed by atoms with Gasteiger partial charge in [0.25, 0.3) is 0 Å². The Hall–Kier alpha value is -1.03. The molecule has 2 unspecified atom stereocenters. The van der Waals surface area contributed by atoms with Crippen LogP contribution in [0.5, 0.6) is 0 Å². The van der Waals surface area contributed by atoms with Gasteiger partial charge >= 0.3 is 5.97 Å². The Balaban J connectivity index is 1.82. The van der Waals surface area contributed by atoms with Gasteiger partial charge in [-0.2, -0.15) is 0 Å². The molecule has 21 heavy (non-hydrogen) atoms. The minimum absolute atomic E-state index is 0.411. The van der Waals surface area contributed by atoms with Crippen molar-refractivity contribution < 1.29 is 9.90 Å². The summed E-state index contributed by atoms with van der Waals surface area (Å²) in [7, 11) is 0. The first-order valence-electron chi connectivity index (χ1n) is 7.93. The lowest BCUT2D eigenvalue weighted by molar-refractivity contribution is 0.0697. The maximum Gasteiger partial charge on any atom is 0.337 e. The Kier molecular flexibility index (Phi) is 4.53. The third kappa shape index (κ3) is 3.25. The second-order valence-corrected chi connectivity index (χ2v) is 7.25. The molecule has 1 aliphatic heterocycles. The number of benzene rings is 1. The molecule has 1 saturated heterocycles. The van der Waals surface area contributed by atoms with Gasteiger partial charge in [0, 0.05) is 17.6 Å². The van der Waals surface area contributed by atoms with Gasteiger partial charge in [-0.25, -0.2) is 4.79 Å². The van der Waals surface area contributed by atoms with E-state index in [4.69, 9.17) is 0 Å². The van der Waals surface area contributed by atoms with Crippen LogP contribution in [0.2, 0.25) is 0 Å². The number of aromatic carboxylic acids is 1. The molecule has 0 aromatic heterocycles. The van der Waals surface area contributed by atoms with E-state index >= 15 is 0 Å². The summed E-state index contributed by atoms with van der Waals surface area (Å²) >= 11 is 3.37. The van der Waals surface area contributed by atoms with Gasteiger partial charge in [0.15, 0.2) is 0 Å². The standard InChI is InChI=1S/C17H22BrNO2/c18-14-5-6-16(15(11-14)17(20)21)19-9-7-12-3-1-2-4-13(12)8-10-19/h5-6,11-13H,1-4,7-10H2,(H,20,21). The van der Waals surface area contributed by atoms with Crippen LogP contribution in [0, 0.1) is 11.8 Å². The fourth-order valence-electron chi connectivity index (χ4n) is 4.00. The summed E-state index contributed by atoms with van der Waals surface area (Å²) in [4.78, 5) is 13.8. The lowest BCUT2D eigenvalue weighted by atomic mass is 9.77. The molecule has 2 aliphatic rings. The minimum Gasteiger partial charge on any atom is -0.478 e. The van der Waals surface area contributed by atoms with Crippen molar-refractivity contribution >= 4 is 27.6 Å². The van der Waals surface area contributed by atoms with Gasteiger partial charge in [0.1, 0.15) is 0 Å². The molecule has 1 saturated carbocycles. The topological polar surface area (TPSA) is 40.5 Å². The van der Waals surface area contributed by atoms with Crippen molar-refractivity contribution in [3.8, 4) is 0 Å². The molecule has 0 spiro atoms. The van der Waals surface area contributed by atoms with Crippen LogP contribution in [0.15, 0.2) is 22.7 Å². The van der Waals surface area contributed by atoms with Gasteiger partial charge in [0.05, 0.1) is 11.3 Å². The van der Waals surface area contributed by atoms with Gasteiger partial charge < -0.3 is 10.0 Å². The molecule has 2 atom stereocenters. The number of rotatable bonds is 2. The number of hydrogen-bond donors (Lipinski definition) is 1. The highest BCUT2D eigenvalue weighted by atomic mass is 79.9. The van der Waals surface area contributed by atoms with Crippen molar-refractivity contribution in [2.45, 2.75) is 38.5 Å². The van der Waals surface area contributed by atoms with E-state index in [9.17, 15) is 9.90 Å². The third-order valence-corrected chi connectivity index (χ3v) is 5.63. The zero-order chi connectivity index (χ0) is 14.8. The number of fused-ring (bicyclic) bond motifs is 1. The van der Waals surface area contributed by atoms with Crippen LogP contribution in [0.1, 0.15) is 48.9 Å². The van der Waals surface area contributed by atoms with Crippen molar-refractivity contribution in [1.82, 2.24) is 0 Å². The fourth-order valence-corrected chi connectivity index (χ4v) is 4.36. The van der Waals surface area contributed by atoms with E-state index in [1.165, 1.54) is 38.5 Å². The lowest BCUT2D eigenvalue weighted by Gasteiger charge is -2.29. The van der Waals surface area contributed by atoms with Gasteiger partial charge in [-0.3, -0.25) is 0 Å². The maximum atomic E-state index is 11.5.